The number of benzene rings is 1. The molecule has 1 saturated carbocycles. The van der Waals surface area contributed by atoms with Gasteiger partial charge in [-0.25, -0.2) is 10.1 Å². The number of H-pyrrole nitrogens is 1. The SMILES string of the molecule is CC(C)N(c1nc(Nc2ccc(N3CCC4(CC3)CC4)cc2)c2c(=O)[nH]ncc2n1)C(C)C. The van der Waals surface area contributed by atoms with E-state index in [0.717, 1.165) is 18.8 Å². The summed E-state index contributed by atoms with van der Waals surface area (Å²) in [5, 5.41) is 10.2. The Hall–Kier alpha value is -3.16. The van der Waals surface area contributed by atoms with Crippen molar-refractivity contribution in [1.82, 2.24) is 20.2 Å². The van der Waals surface area contributed by atoms with Crippen LogP contribution >= 0.6 is 0 Å². The molecule has 1 aliphatic carbocycles. The first-order valence-electron chi connectivity index (χ1n) is 12.0. The van der Waals surface area contributed by atoms with Crippen molar-refractivity contribution in [1.29, 1.82) is 0 Å². The number of nitrogens with one attached hydrogen (secondary N) is 2. The summed E-state index contributed by atoms with van der Waals surface area (Å²) in [6.07, 6.45) is 7.03. The van der Waals surface area contributed by atoms with Crippen molar-refractivity contribution in [2.75, 3.05) is 28.2 Å². The molecule has 33 heavy (non-hydrogen) atoms. The van der Waals surface area contributed by atoms with Crippen molar-refractivity contribution in [3.05, 3.63) is 40.8 Å². The van der Waals surface area contributed by atoms with Crippen LogP contribution in [0.5, 0.6) is 0 Å². The lowest BCUT2D eigenvalue weighted by molar-refractivity contribution is 0.384. The predicted octanol–water partition coefficient (Wildman–Crippen LogP) is 4.46. The summed E-state index contributed by atoms with van der Waals surface area (Å²) in [6, 6.07) is 8.84. The van der Waals surface area contributed by atoms with E-state index in [1.807, 2.05) is 0 Å². The van der Waals surface area contributed by atoms with E-state index < -0.39 is 0 Å². The topological polar surface area (TPSA) is 90.0 Å². The molecule has 1 aromatic carbocycles. The molecule has 2 aromatic heterocycles. The van der Waals surface area contributed by atoms with Crippen molar-refractivity contribution in [2.45, 2.75) is 65.5 Å². The standard InChI is InChI=1S/C25H33N7O/c1-16(2)32(17(3)4)24-28-20-15-26-30-23(33)21(20)22(29-24)27-18-5-7-19(8-6-18)31-13-11-25(9-10-25)12-14-31/h5-8,15-17H,9-14H2,1-4H3,(H,30,33)(H,27,28,29). The van der Waals surface area contributed by atoms with E-state index in [2.05, 4.69) is 82.3 Å². The number of aromatic nitrogens is 4. The number of rotatable bonds is 6. The maximum Gasteiger partial charge on any atom is 0.277 e. The Morgan fingerprint density at radius 2 is 1.67 bits per heavy atom. The third-order valence-electron chi connectivity index (χ3n) is 7.13. The van der Waals surface area contributed by atoms with Crippen molar-refractivity contribution in [2.24, 2.45) is 5.41 Å². The predicted molar refractivity (Wildman–Crippen MR) is 134 cm³/mol. The summed E-state index contributed by atoms with van der Waals surface area (Å²) in [6.45, 7) is 10.7. The Kier molecular flexibility index (Phi) is 5.46. The molecule has 5 rings (SSSR count). The van der Waals surface area contributed by atoms with Crippen LogP contribution in [-0.2, 0) is 0 Å². The average Bonchev–Trinajstić information content (AvgIpc) is 3.53. The minimum atomic E-state index is -0.305. The van der Waals surface area contributed by atoms with Crippen LogP contribution in [0.1, 0.15) is 53.4 Å². The Balaban J connectivity index is 1.44. The average molecular weight is 448 g/mol. The number of anilines is 4. The van der Waals surface area contributed by atoms with E-state index in [-0.39, 0.29) is 17.6 Å². The van der Waals surface area contributed by atoms with Crippen LogP contribution in [0.15, 0.2) is 35.3 Å². The van der Waals surface area contributed by atoms with E-state index in [1.165, 1.54) is 31.4 Å². The van der Waals surface area contributed by atoms with Gasteiger partial charge < -0.3 is 15.1 Å². The summed E-state index contributed by atoms with van der Waals surface area (Å²) in [4.78, 5) is 26.7. The van der Waals surface area contributed by atoms with E-state index in [4.69, 9.17) is 4.98 Å². The Bertz CT molecular complexity index is 1180. The molecular weight excluding hydrogens is 414 g/mol. The largest absolute Gasteiger partial charge is 0.371 e. The van der Waals surface area contributed by atoms with Gasteiger partial charge >= 0.3 is 0 Å². The molecule has 3 aromatic rings. The summed E-state index contributed by atoms with van der Waals surface area (Å²) >= 11 is 0. The molecule has 174 valence electrons. The highest BCUT2D eigenvalue weighted by molar-refractivity contribution is 5.90. The molecule has 3 heterocycles. The molecule has 2 aliphatic rings. The lowest BCUT2D eigenvalue weighted by Crippen LogP contribution is -2.38. The second-order valence-electron chi connectivity index (χ2n) is 10.1. The van der Waals surface area contributed by atoms with Gasteiger partial charge in [-0.1, -0.05) is 0 Å². The maximum absolute atomic E-state index is 12.6. The van der Waals surface area contributed by atoms with E-state index in [9.17, 15) is 4.79 Å². The van der Waals surface area contributed by atoms with Gasteiger partial charge in [-0.3, -0.25) is 4.79 Å². The molecule has 8 nitrogen and oxygen atoms in total. The Morgan fingerprint density at radius 1 is 1.00 bits per heavy atom. The van der Waals surface area contributed by atoms with Gasteiger partial charge in [0.1, 0.15) is 16.7 Å². The number of nitrogens with zero attached hydrogens (tertiary/aromatic N) is 5. The summed E-state index contributed by atoms with van der Waals surface area (Å²) < 4.78 is 0. The lowest BCUT2D eigenvalue weighted by Gasteiger charge is -2.34. The summed E-state index contributed by atoms with van der Waals surface area (Å²) in [7, 11) is 0. The van der Waals surface area contributed by atoms with E-state index in [0.29, 0.717) is 28.1 Å². The highest BCUT2D eigenvalue weighted by atomic mass is 16.1. The fraction of sp³-hybridized carbons (Fsp3) is 0.520. The van der Waals surface area contributed by atoms with Crippen LogP contribution in [0.3, 0.4) is 0 Å². The summed E-state index contributed by atoms with van der Waals surface area (Å²) in [5.74, 6) is 1.08. The molecule has 0 bridgehead atoms. The van der Waals surface area contributed by atoms with Gasteiger partial charge in [-0.05, 0) is 83.1 Å². The highest BCUT2D eigenvalue weighted by Crippen LogP contribution is 2.53. The fourth-order valence-corrected chi connectivity index (χ4v) is 5.06. The third kappa shape index (κ3) is 4.26. The van der Waals surface area contributed by atoms with Gasteiger partial charge in [0.05, 0.1) is 6.20 Å². The van der Waals surface area contributed by atoms with Gasteiger partial charge in [0, 0.05) is 36.5 Å². The van der Waals surface area contributed by atoms with Crippen molar-refractivity contribution in [3.8, 4) is 0 Å². The number of piperidine rings is 1. The molecule has 2 N–H and O–H groups in total. The first kappa shape index (κ1) is 21.7. The Labute approximate surface area is 194 Å². The van der Waals surface area contributed by atoms with Crippen molar-refractivity contribution in [3.63, 3.8) is 0 Å². The molecule has 1 spiro atoms. The van der Waals surface area contributed by atoms with Crippen molar-refractivity contribution < 1.29 is 0 Å². The molecule has 1 aliphatic heterocycles. The van der Waals surface area contributed by atoms with E-state index in [1.54, 1.807) is 6.20 Å². The van der Waals surface area contributed by atoms with Crippen LogP contribution in [0.4, 0.5) is 23.1 Å². The normalized spacial score (nSPS) is 17.2. The van der Waals surface area contributed by atoms with Gasteiger partial charge in [-0.15, -0.1) is 0 Å². The second-order valence-corrected chi connectivity index (χ2v) is 10.1. The van der Waals surface area contributed by atoms with Crippen LogP contribution in [0.2, 0.25) is 0 Å². The van der Waals surface area contributed by atoms with Gasteiger partial charge in [0.25, 0.3) is 5.56 Å². The zero-order valence-corrected chi connectivity index (χ0v) is 19.9. The molecular formula is C25H33N7O. The quantitative estimate of drug-likeness (QED) is 0.576. The minimum Gasteiger partial charge on any atom is -0.371 e. The molecule has 2 fully saturated rings. The molecule has 8 heteroatoms. The minimum absolute atomic E-state index is 0.212. The fourth-order valence-electron chi connectivity index (χ4n) is 5.06. The first-order valence-corrected chi connectivity index (χ1v) is 12.0. The van der Waals surface area contributed by atoms with E-state index >= 15 is 0 Å². The molecule has 0 amide bonds. The van der Waals surface area contributed by atoms with Crippen LogP contribution in [0, 0.1) is 5.41 Å². The van der Waals surface area contributed by atoms with Crippen LogP contribution in [-0.4, -0.2) is 45.3 Å². The van der Waals surface area contributed by atoms with Gasteiger partial charge in [0.15, 0.2) is 0 Å². The zero-order valence-electron chi connectivity index (χ0n) is 19.9. The maximum atomic E-state index is 12.6. The molecule has 1 saturated heterocycles. The Morgan fingerprint density at radius 3 is 2.27 bits per heavy atom. The molecule has 0 unspecified atom stereocenters. The van der Waals surface area contributed by atoms with Crippen LogP contribution in [0.25, 0.3) is 10.9 Å². The first-order chi connectivity index (χ1) is 15.8. The van der Waals surface area contributed by atoms with Crippen molar-refractivity contribution >= 4 is 34.0 Å². The lowest BCUT2D eigenvalue weighted by atomic mass is 9.93. The number of hydrogen-bond acceptors (Lipinski definition) is 7. The number of hydrogen-bond donors (Lipinski definition) is 2. The van der Waals surface area contributed by atoms with Crippen LogP contribution < -0.4 is 20.7 Å². The zero-order chi connectivity index (χ0) is 23.2. The molecule has 0 atom stereocenters. The summed E-state index contributed by atoms with van der Waals surface area (Å²) in [5.41, 5.74) is 3.03. The smallest absolute Gasteiger partial charge is 0.277 e. The second kappa shape index (κ2) is 8.32. The van der Waals surface area contributed by atoms with Gasteiger partial charge in [-0.2, -0.15) is 10.1 Å². The monoisotopic (exact) mass is 447 g/mol. The number of fused-ring (bicyclic) bond motifs is 1. The highest BCUT2D eigenvalue weighted by Gasteiger charge is 2.44. The number of aromatic amines is 1. The third-order valence-corrected chi connectivity index (χ3v) is 7.13. The molecule has 0 radical (unpaired) electrons. The van der Waals surface area contributed by atoms with Gasteiger partial charge in [0.2, 0.25) is 5.95 Å².